The van der Waals surface area contributed by atoms with E-state index in [-0.39, 0.29) is 23.1 Å². The molecule has 0 spiro atoms. The van der Waals surface area contributed by atoms with Gasteiger partial charge in [0.15, 0.2) is 0 Å². The highest BCUT2D eigenvalue weighted by molar-refractivity contribution is 5.95. The highest BCUT2D eigenvalue weighted by Gasteiger charge is 2.13. The Hall–Kier alpha value is -2.44. The number of amides is 2. The maximum absolute atomic E-state index is 11.7. The smallest absolute Gasteiger partial charge is 0.269 e. The second kappa shape index (κ2) is 7.22. The van der Waals surface area contributed by atoms with Crippen LogP contribution in [-0.4, -0.2) is 16.7 Å². The van der Waals surface area contributed by atoms with Crippen molar-refractivity contribution in [3.63, 3.8) is 0 Å². The average molecular weight is 279 g/mol. The van der Waals surface area contributed by atoms with Crippen molar-refractivity contribution in [2.45, 2.75) is 26.7 Å². The van der Waals surface area contributed by atoms with Crippen molar-refractivity contribution in [2.75, 3.05) is 0 Å². The molecule has 0 bridgehead atoms. The highest BCUT2D eigenvalue weighted by atomic mass is 16.6. The first-order valence-electron chi connectivity index (χ1n) is 6.30. The van der Waals surface area contributed by atoms with Crippen molar-refractivity contribution in [2.24, 2.45) is 5.92 Å². The number of nitro groups is 1. The van der Waals surface area contributed by atoms with Gasteiger partial charge in [0.25, 0.3) is 11.6 Å². The van der Waals surface area contributed by atoms with Crippen molar-refractivity contribution in [1.29, 1.82) is 0 Å². The second-order valence-corrected chi connectivity index (χ2v) is 4.44. The number of benzene rings is 1. The summed E-state index contributed by atoms with van der Waals surface area (Å²) in [6.45, 7) is 3.75. The molecule has 7 heteroatoms. The van der Waals surface area contributed by atoms with Gasteiger partial charge in [0, 0.05) is 23.6 Å². The average Bonchev–Trinajstić information content (AvgIpc) is 2.44. The van der Waals surface area contributed by atoms with Crippen LogP contribution < -0.4 is 10.9 Å². The number of nitrogens with one attached hydrogen (secondary N) is 2. The first-order valence-corrected chi connectivity index (χ1v) is 6.30. The molecule has 108 valence electrons. The lowest BCUT2D eigenvalue weighted by Crippen LogP contribution is -2.44. The fourth-order valence-corrected chi connectivity index (χ4v) is 1.61. The summed E-state index contributed by atoms with van der Waals surface area (Å²) in [7, 11) is 0. The summed E-state index contributed by atoms with van der Waals surface area (Å²) in [4.78, 5) is 33.2. The van der Waals surface area contributed by atoms with Gasteiger partial charge >= 0.3 is 0 Å². The topological polar surface area (TPSA) is 101 Å². The summed E-state index contributed by atoms with van der Waals surface area (Å²) in [5.41, 5.74) is 4.75. The molecule has 1 atom stereocenters. The molecule has 0 aliphatic heterocycles. The van der Waals surface area contributed by atoms with Crippen molar-refractivity contribution in [3.8, 4) is 0 Å². The summed E-state index contributed by atoms with van der Waals surface area (Å²) in [5, 5.41) is 10.5. The van der Waals surface area contributed by atoms with Crippen molar-refractivity contribution in [3.05, 3.63) is 39.9 Å². The van der Waals surface area contributed by atoms with E-state index >= 15 is 0 Å². The lowest BCUT2D eigenvalue weighted by molar-refractivity contribution is -0.384. The molecule has 0 saturated heterocycles. The first-order chi connectivity index (χ1) is 9.45. The number of nitro benzene ring substituents is 1. The molecule has 1 aromatic carbocycles. The normalized spacial score (nSPS) is 11.5. The number of hydrogen-bond acceptors (Lipinski definition) is 4. The molecule has 0 fully saturated rings. The van der Waals surface area contributed by atoms with Crippen LogP contribution in [0.2, 0.25) is 0 Å². The molecule has 0 heterocycles. The van der Waals surface area contributed by atoms with Crippen LogP contribution in [0, 0.1) is 16.0 Å². The molecule has 0 saturated carbocycles. The van der Waals surface area contributed by atoms with Gasteiger partial charge in [-0.2, -0.15) is 0 Å². The molecule has 1 rings (SSSR count). The maximum atomic E-state index is 11.7. The molecular weight excluding hydrogens is 262 g/mol. The van der Waals surface area contributed by atoms with E-state index in [4.69, 9.17) is 0 Å². The summed E-state index contributed by atoms with van der Waals surface area (Å²) < 4.78 is 0. The number of rotatable bonds is 5. The van der Waals surface area contributed by atoms with Crippen LogP contribution >= 0.6 is 0 Å². The number of carbonyl (C=O) groups excluding carboxylic acids is 2. The molecule has 0 aliphatic rings. The van der Waals surface area contributed by atoms with Crippen LogP contribution in [0.25, 0.3) is 0 Å². The Bertz CT molecular complexity index is 499. The minimum Gasteiger partial charge on any atom is -0.273 e. The molecule has 0 aromatic heterocycles. The Morgan fingerprint density at radius 2 is 1.85 bits per heavy atom. The van der Waals surface area contributed by atoms with Gasteiger partial charge in [-0.1, -0.05) is 20.3 Å². The van der Waals surface area contributed by atoms with E-state index in [1.807, 2.05) is 6.92 Å². The van der Waals surface area contributed by atoms with Gasteiger partial charge < -0.3 is 0 Å². The van der Waals surface area contributed by atoms with E-state index in [1.165, 1.54) is 24.3 Å². The Morgan fingerprint density at radius 3 is 2.35 bits per heavy atom. The summed E-state index contributed by atoms with van der Waals surface area (Å²) in [6, 6.07) is 5.12. The third-order valence-electron chi connectivity index (χ3n) is 2.81. The summed E-state index contributed by atoms with van der Waals surface area (Å²) in [5.74, 6) is -0.962. The molecule has 7 nitrogen and oxygen atoms in total. The first kappa shape index (κ1) is 15.6. The second-order valence-electron chi connectivity index (χ2n) is 4.44. The SMILES string of the molecule is CCCC(C)C(=O)NNC(=O)c1ccc([N+](=O)[O-])cc1. The largest absolute Gasteiger partial charge is 0.273 e. The van der Waals surface area contributed by atoms with E-state index < -0.39 is 10.8 Å². The number of hydrazine groups is 1. The quantitative estimate of drug-likeness (QED) is 0.633. The van der Waals surface area contributed by atoms with E-state index in [2.05, 4.69) is 10.9 Å². The van der Waals surface area contributed by atoms with Gasteiger partial charge in [0.1, 0.15) is 0 Å². The number of non-ortho nitro benzene ring substituents is 1. The standard InChI is InChI=1S/C13H17N3O4/c1-3-4-9(2)12(17)14-15-13(18)10-5-7-11(8-6-10)16(19)20/h5-9H,3-4H2,1-2H3,(H,14,17)(H,15,18). The minimum absolute atomic E-state index is 0.0952. The van der Waals surface area contributed by atoms with Crippen LogP contribution in [-0.2, 0) is 4.79 Å². The summed E-state index contributed by atoms with van der Waals surface area (Å²) >= 11 is 0. The van der Waals surface area contributed by atoms with Crippen molar-refractivity contribution >= 4 is 17.5 Å². The lowest BCUT2D eigenvalue weighted by atomic mass is 10.1. The Kier molecular flexibility index (Phi) is 5.64. The molecule has 1 aromatic rings. The van der Waals surface area contributed by atoms with Crippen LogP contribution in [0.5, 0.6) is 0 Å². The van der Waals surface area contributed by atoms with Crippen LogP contribution in [0.1, 0.15) is 37.0 Å². The van der Waals surface area contributed by atoms with Crippen LogP contribution in [0.3, 0.4) is 0 Å². The van der Waals surface area contributed by atoms with E-state index in [0.717, 1.165) is 12.8 Å². The van der Waals surface area contributed by atoms with E-state index in [0.29, 0.717) is 0 Å². The van der Waals surface area contributed by atoms with Crippen LogP contribution in [0.15, 0.2) is 24.3 Å². The van der Waals surface area contributed by atoms with Gasteiger partial charge in [-0.25, -0.2) is 0 Å². The Morgan fingerprint density at radius 1 is 1.25 bits per heavy atom. The van der Waals surface area contributed by atoms with Crippen molar-refractivity contribution in [1.82, 2.24) is 10.9 Å². The monoisotopic (exact) mass is 279 g/mol. The zero-order valence-corrected chi connectivity index (χ0v) is 11.4. The third kappa shape index (κ3) is 4.34. The third-order valence-corrected chi connectivity index (χ3v) is 2.81. The number of hydrogen-bond donors (Lipinski definition) is 2. The van der Waals surface area contributed by atoms with Gasteiger partial charge in [0.2, 0.25) is 5.91 Å². The fraction of sp³-hybridized carbons (Fsp3) is 0.385. The number of carbonyl (C=O) groups is 2. The van der Waals surface area contributed by atoms with Gasteiger partial charge in [-0.15, -0.1) is 0 Å². The molecule has 1 unspecified atom stereocenters. The molecular formula is C13H17N3O4. The zero-order chi connectivity index (χ0) is 15.1. The van der Waals surface area contributed by atoms with E-state index in [9.17, 15) is 19.7 Å². The zero-order valence-electron chi connectivity index (χ0n) is 11.4. The van der Waals surface area contributed by atoms with Crippen molar-refractivity contribution < 1.29 is 14.5 Å². The van der Waals surface area contributed by atoms with Gasteiger partial charge in [-0.05, 0) is 18.6 Å². The Balaban J connectivity index is 2.54. The Labute approximate surface area is 116 Å². The maximum Gasteiger partial charge on any atom is 0.269 e. The molecule has 0 aliphatic carbocycles. The van der Waals surface area contributed by atoms with Crippen LogP contribution in [0.4, 0.5) is 5.69 Å². The molecule has 2 amide bonds. The molecule has 0 radical (unpaired) electrons. The number of nitrogens with zero attached hydrogens (tertiary/aromatic N) is 1. The minimum atomic E-state index is -0.546. The molecule has 20 heavy (non-hydrogen) atoms. The van der Waals surface area contributed by atoms with E-state index in [1.54, 1.807) is 6.92 Å². The highest BCUT2D eigenvalue weighted by Crippen LogP contribution is 2.11. The predicted molar refractivity (Wildman–Crippen MR) is 72.8 cm³/mol. The fourth-order valence-electron chi connectivity index (χ4n) is 1.61. The lowest BCUT2D eigenvalue weighted by Gasteiger charge is -2.11. The van der Waals surface area contributed by atoms with Gasteiger partial charge in [-0.3, -0.25) is 30.6 Å². The molecule has 2 N–H and O–H groups in total. The van der Waals surface area contributed by atoms with Gasteiger partial charge in [0.05, 0.1) is 4.92 Å². The predicted octanol–water partition coefficient (Wildman–Crippen LogP) is 1.79. The summed E-state index contributed by atoms with van der Waals surface area (Å²) in [6.07, 6.45) is 1.62.